The molecule has 1 aromatic carbocycles. The SMILES string of the molecule is CCCNc1ccc2ncc(-c3ccc(C(=O)NC[C@@H]4C[C@@H](F)CN4)c(F)c3)n2n1. The molecule has 9 heteroatoms. The minimum Gasteiger partial charge on any atom is -0.369 e. The van der Waals surface area contributed by atoms with E-state index in [1.165, 1.54) is 12.1 Å². The molecule has 1 amide bonds. The van der Waals surface area contributed by atoms with Crippen LogP contribution in [0.1, 0.15) is 30.1 Å². The third-order valence-corrected chi connectivity index (χ3v) is 5.11. The molecule has 158 valence electrons. The van der Waals surface area contributed by atoms with Gasteiger partial charge >= 0.3 is 0 Å². The Morgan fingerprint density at radius 2 is 2.20 bits per heavy atom. The third kappa shape index (κ3) is 4.25. The van der Waals surface area contributed by atoms with Gasteiger partial charge in [0.1, 0.15) is 17.8 Å². The Labute approximate surface area is 172 Å². The molecule has 30 heavy (non-hydrogen) atoms. The molecule has 2 atom stereocenters. The zero-order valence-corrected chi connectivity index (χ0v) is 16.7. The summed E-state index contributed by atoms with van der Waals surface area (Å²) in [6.45, 7) is 3.40. The number of amides is 1. The standard InChI is InChI=1S/C21H24F2N6O/c1-2-7-24-19-5-6-20-26-12-18(29(20)28-19)13-3-4-16(17(23)8-13)21(30)27-11-15-9-14(22)10-25-15/h3-6,8,12,14-15,25H,2,7,9-11H2,1H3,(H,24,28)(H,27,30)/t14-,15+/m1/s1. The number of carbonyl (C=O) groups is 1. The fraction of sp³-hybridized carbons (Fsp3) is 0.381. The highest BCUT2D eigenvalue weighted by atomic mass is 19.1. The second kappa shape index (κ2) is 8.74. The Kier molecular flexibility index (Phi) is 5.89. The Balaban J connectivity index is 1.52. The summed E-state index contributed by atoms with van der Waals surface area (Å²) in [6, 6.07) is 7.97. The predicted molar refractivity (Wildman–Crippen MR) is 111 cm³/mol. The first-order valence-electron chi connectivity index (χ1n) is 10.1. The quantitative estimate of drug-likeness (QED) is 0.554. The Morgan fingerprint density at radius 1 is 1.33 bits per heavy atom. The van der Waals surface area contributed by atoms with Crippen molar-refractivity contribution in [2.24, 2.45) is 0 Å². The normalized spacial score (nSPS) is 18.6. The fourth-order valence-electron chi connectivity index (χ4n) is 3.51. The van der Waals surface area contributed by atoms with E-state index in [9.17, 15) is 13.6 Å². The number of carbonyl (C=O) groups excluding carboxylic acids is 1. The third-order valence-electron chi connectivity index (χ3n) is 5.11. The molecule has 1 saturated heterocycles. The number of rotatable bonds is 7. The highest BCUT2D eigenvalue weighted by Gasteiger charge is 2.24. The number of halogens is 2. The maximum atomic E-state index is 14.7. The monoisotopic (exact) mass is 414 g/mol. The summed E-state index contributed by atoms with van der Waals surface area (Å²) >= 11 is 0. The summed E-state index contributed by atoms with van der Waals surface area (Å²) in [5.41, 5.74) is 1.78. The number of nitrogens with one attached hydrogen (secondary N) is 3. The van der Waals surface area contributed by atoms with Crippen molar-refractivity contribution in [2.45, 2.75) is 32.0 Å². The average Bonchev–Trinajstić information content (AvgIpc) is 3.36. The number of anilines is 1. The van der Waals surface area contributed by atoms with Crippen molar-refractivity contribution in [1.29, 1.82) is 0 Å². The fourth-order valence-corrected chi connectivity index (χ4v) is 3.51. The number of fused-ring (bicyclic) bond motifs is 1. The van der Waals surface area contributed by atoms with E-state index in [4.69, 9.17) is 0 Å². The molecule has 2 aromatic heterocycles. The maximum absolute atomic E-state index is 14.7. The minimum atomic E-state index is -0.903. The summed E-state index contributed by atoms with van der Waals surface area (Å²) in [5, 5.41) is 13.4. The van der Waals surface area contributed by atoms with E-state index in [0.717, 1.165) is 13.0 Å². The molecule has 0 aliphatic carbocycles. The molecule has 3 aromatic rings. The lowest BCUT2D eigenvalue weighted by Crippen LogP contribution is -2.37. The molecular weight excluding hydrogens is 390 g/mol. The van der Waals surface area contributed by atoms with Gasteiger partial charge < -0.3 is 16.0 Å². The molecule has 7 nitrogen and oxygen atoms in total. The van der Waals surface area contributed by atoms with Crippen LogP contribution < -0.4 is 16.0 Å². The molecule has 3 N–H and O–H groups in total. The van der Waals surface area contributed by atoms with Crippen LogP contribution >= 0.6 is 0 Å². The summed E-state index contributed by atoms with van der Waals surface area (Å²) in [7, 11) is 0. The van der Waals surface area contributed by atoms with Gasteiger partial charge in [-0.15, -0.1) is 5.10 Å². The van der Waals surface area contributed by atoms with Crippen LogP contribution in [0.4, 0.5) is 14.6 Å². The van der Waals surface area contributed by atoms with Crippen molar-refractivity contribution in [1.82, 2.24) is 25.2 Å². The van der Waals surface area contributed by atoms with Gasteiger partial charge in [0.2, 0.25) is 0 Å². The van der Waals surface area contributed by atoms with Crippen molar-refractivity contribution in [3.63, 3.8) is 0 Å². The highest BCUT2D eigenvalue weighted by Crippen LogP contribution is 2.23. The van der Waals surface area contributed by atoms with E-state index in [0.29, 0.717) is 29.1 Å². The van der Waals surface area contributed by atoms with E-state index in [1.54, 1.807) is 16.8 Å². The van der Waals surface area contributed by atoms with Crippen molar-refractivity contribution in [3.05, 3.63) is 47.9 Å². The molecular formula is C21H24F2N6O. The van der Waals surface area contributed by atoms with Crippen molar-refractivity contribution in [3.8, 4) is 11.3 Å². The maximum Gasteiger partial charge on any atom is 0.254 e. The summed E-state index contributed by atoms with van der Waals surface area (Å²) in [5.74, 6) is -0.454. The molecule has 1 fully saturated rings. The average molecular weight is 414 g/mol. The second-order valence-electron chi connectivity index (χ2n) is 7.40. The first-order chi connectivity index (χ1) is 14.5. The first kappa shape index (κ1) is 20.2. The number of alkyl halides is 1. The van der Waals surface area contributed by atoms with Crippen LogP contribution in [0.2, 0.25) is 0 Å². The van der Waals surface area contributed by atoms with E-state index in [1.807, 2.05) is 12.1 Å². The Bertz CT molecular complexity index is 1050. The molecule has 4 rings (SSSR count). The van der Waals surface area contributed by atoms with Gasteiger partial charge in [-0.3, -0.25) is 4.79 Å². The van der Waals surface area contributed by atoms with Gasteiger partial charge in [-0.2, -0.15) is 0 Å². The highest BCUT2D eigenvalue weighted by molar-refractivity contribution is 5.95. The number of imidazole rings is 1. The van der Waals surface area contributed by atoms with Crippen molar-refractivity contribution in [2.75, 3.05) is 25.0 Å². The number of hydrogen-bond acceptors (Lipinski definition) is 5. The van der Waals surface area contributed by atoms with Crippen LogP contribution in [-0.2, 0) is 0 Å². The van der Waals surface area contributed by atoms with Gasteiger partial charge in [-0.1, -0.05) is 13.0 Å². The topological polar surface area (TPSA) is 83.3 Å². The molecule has 0 bridgehead atoms. The van der Waals surface area contributed by atoms with Crippen LogP contribution in [0.25, 0.3) is 16.9 Å². The summed E-state index contributed by atoms with van der Waals surface area (Å²) in [6.07, 6.45) is 2.04. The number of hydrogen-bond donors (Lipinski definition) is 3. The number of benzene rings is 1. The van der Waals surface area contributed by atoms with Gasteiger partial charge in [0, 0.05) is 31.2 Å². The van der Waals surface area contributed by atoms with Gasteiger partial charge in [-0.05, 0) is 37.1 Å². The van der Waals surface area contributed by atoms with E-state index in [-0.39, 0.29) is 24.7 Å². The Morgan fingerprint density at radius 3 is 2.93 bits per heavy atom. The molecule has 0 saturated carbocycles. The smallest absolute Gasteiger partial charge is 0.254 e. The van der Waals surface area contributed by atoms with Crippen molar-refractivity contribution < 1.29 is 13.6 Å². The van der Waals surface area contributed by atoms with Crippen molar-refractivity contribution >= 4 is 17.4 Å². The molecule has 1 aliphatic heterocycles. The summed E-state index contributed by atoms with van der Waals surface area (Å²) < 4.78 is 29.6. The lowest BCUT2D eigenvalue weighted by Gasteiger charge is -2.12. The van der Waals surface area contributed by atoms with E-state index < -0.39 is 17.9 Å². The number of aromatic nitrogens is 3. The lowest BCUT2D eigenvalue weighted by molar-refractivity contribution is 0.0946. The van der Waals surface area contributed by atoms with Gasteiger partial charge in [-0.25, -0.2) is 18.3 Å². The van der Waals surface area contributed by atoms with Crippen LogP contribution in [0.15, 0.2) is 36.5 Å². The second-order valence-corrected chi connectivity index (χ2v) is 7.40. The number of nitrogens with zero attached hydrogens (tertiary/aromatic N) is 3. The van der Waals surface area contributed by atoms with Gasteiger partial charge in [0.15, 0.2) is 5.65 Å². The lowest BCUT2D eigenvalue weighted by atomic mass is 10.1. The van der Waals surface area contributed by atoms with Gasteiger partial charge in [0.05, 0.1) is 17.5 Å². The molecule has 0 radical (unpaired) electrons. The first-order valence-corrected chi connectivity index (χ1v) is 10.1. The summed E-state index contributed by atoms with van der Waals surface area (Å²) in [4.78, 5) is 16.7. The molecule has 0 spiro atoms. The van der Waals surface area contributed by atoms with Crippen LogP contribution in [0.3, 0.4) is 0 Å². The largest absolute Gasteiger partial charge is 0.369 e. The van der Waals surface area contributed by atoms with E-state index in [2.05, 4.69) is 33.0 Å². The van der Waals surface area contributed by atoms with Crippen LogP contribution in [0.5, 0.6) is 0 Å². The van der Waals surface area contributed by atoms with Crippen LogP contribution in [-0.4, -0.2) is 52.4 Å². The van der Waals surface area contributed by atoms with Crippen LogP contribution in [0, 0.1) is 5.82 Å². The Hall–Kier alpha value is -3.07. The zero-order chi connectivity index (χ0) is 21.1. The predicted octanol–water partition coefficient (Wildman–Crippen LogP) is 2.79. The minimum absolute atomic E-state index is 0.0550. The molecule has 1 aliphatic rings. The molecule has 0 unspecified atom stereocenters. The van der Waals surface area contributed by atoms with Gasteiger partial charge in [0.25, 0.3) is 5.91 Å². The molecule has 3 heterocycles. The zero-order valence-electron chi connectivity index (χ0n) is 16.7. The van der Waals surface area contributed by atoms with E-state index >= 15 is 0 Å².